The highest BCUT2D eigenvalue weighted by atomic mass is 35.5. The number of hydrogen-bond donors (Lipinski definition) is 4. The normalized spacial score (nSPS) is 10.5. The lowest BCUT2D eigenvalue weighted by Crippen LogP contribution is -2.32. The largest absolute Gasteiger partial charge is 0.505 e. The third-order valence-electron chi connectivity index (χ3n) is 3.93. The van der Waals surface area contributed by atoms with E-state index in [-0.39, 0.29) is 22.8 Å². The molecule has 0 bridgehead atoms. The van der Waals surface area contributed by atoms with Gasteiger partial charge in [0.25, 0.3) is 5.91 Å². The van der Waals surface area contributed by atoms with Gasteiger partial charge >= 0.3 is 5.97 Å². The topological polar surface area (TPSA) is 128 Å². The number of phenols is 1. The Bertz CT molecular complexity index is 1110. The zero-order valence-electron chi connectivity index (χ0n) is 15.4. The molecule has 0 spiro atoms. The summed E-state index contributed by atoms with van der Waals surface area (Å²) in [5.41, 5.74) is 0.653. The van der Waals surface area contributed by atoms with Gasteiger partial charge in [-0.2, -0.15) is 8.75 Å². The number of aromatic hydroxyl groups is 1. The molecule has 1 amide bonds. The molecule has 0 aliphatic heterocycles. The number of carboxylic acid groups (broad SMARTS) is 1. The number of anilines is 4. The number of amides is 1. The summed E-state index contributed by atoms with van der Waals surface area (Å²) in [4.78, 5) is 24.3. The average molecular weight is 468 g/mol. The number of nitrogens with one attached hydrogen (secondary N) is 2. The molecule has 9 nitrogen and oxygen atoms in total. The van der Waals surface area contributed by atoms with E-state index in [1.165, 1.54) is 13.1 Å². The molecule has 0 saturated carbocycles. The van der Waals surface area contributed by atoms with E-state index in [9.17, 15) is 14.7 Å². The minimum Gasteiger partial charge on any atom is -0.505 e. The van der Waals surface area contributed by atoms with Crippen LogP contribution in [0.15, 0.2) is 36.4 Å². The lowest BCUT2D eigenvalue weighted by atomic mass is 10.1. The Labute approximate surface area is 185 Å². The van der Waals surface area contributed by atoms with Crippen LogP contribution in [0, 0.1) is 0 Å². The molecule has 0 saturated heterocycles. The van der Waals surface area contributed by atoms with Gasteiger partial charge < -0.3 is 25.7 Å². The van der Waals surface area contributed by atoms with Gasteiger partial charge in [0, 0.05) is 7.05 Å². The van der Waals surface area contributed by atoms with Crippen molar-refractivity contribution in [2.75, 3.05) is 24.2 Å². The highest BCUT2D eigenvalue weighted by Crippen LogP contribution is 2.36. The zero-order chi connectivity index (χ0) is 21.8. The maximum absolute atomic E-state index is 12.4. The van der Waals surface area contributed by atoms with E-state index < -0.39 is 18.4 Å². The van der Waals surface area contributed by atoms with E-state index in [0.717, 1.165) is 16.6 Å². The van der Waals surface area contributed by atoms with Crippen molar-refractivity contribution in [1.29, 1.82) is 0 Å². The molecule has 0 aliphatic carbocycles. The van der Waals surface area contributed by atoms with E-state index >= 15 is 0 Å². The summed E-state index contributed by atoms with van der Waals surface area (Å²) in [5.74, 6) is -1.53. The first-order valence-electron chi connectivity index (χ1n) is 8.37. The summed E-state index contributed by atoms with van der Waals surface area (Å²) in [6, 6.07) is 9.56. The summed E-state index contributed by atoms with van der Waals surface area (Å²) in [7, 11) is 1.33. The second kappa shape index (κ2) is 9.16. The van der Waals surface area contributed by atoms with Gasteiger partial charge in [0.15, 0.2) is 17.4 Å². The Morgan fingerprint density at radius 3 is 2.33 bits per heavy atom. The fraction of sp³-hybridized carbons (Fsp3) is 0.111. The van der Waals surface area contributed by atoms with Crippen molar-refractivity contribution >= 4 is 69.8 Å². The van der Waals surface area contributed by atoms with Crippen molar-refractivity contribution in [2.24, 2.45) is 0 Å². The first kappa shape index (κ1) is 21.6. The molecule has 30 heavy (non-hydrogen) atoms. The van der Waals surface area contributed by atoms with Crippen LogP contribution in [0.5, 0.6) is 5.75 Å². The SMILES string of the molecule is CN(CC(=O)O)C(=O)c1cccc(Nc2nsnc2Nc2cccc(Cl)c2Cl)c1O. The molecule has 0 atom stereocenters. The molecule has 12 heteroatoms. The van der Waals surface area contributed by atoms with Gasteiger partial charge in [-0.25, -0.2) is 0 Å². The molecule has 156 valence electrons. The third-order valence-corrected chi connectivity index (χ3v) is 5.28. The van der Waals surface area contributed by atoms with Crippen molar-refractivity contribution in [2.45, 2.75) is 0 Å². The van der Waals surface area contributed by atoms with E-state index in [2.05, 4.69) is 19.4 Å². The molecule has 0 fully saturated rings. The standard InChI is InChI=1S/C18H15Cl2N5O4S/c1-25(8-13(26)27)18(29)9-4-2-7-12(15(9)28)22-17-16(23-30-24-17)21-11-6-3-5-10(19)14(11)20/h2-7,28H,8H2,1H3,(H,21,23)(H,22,24)(H,26,27). The van der Waals surface area contributed by atoms with E-state index in [1.807, 2.05) is 0 Å². The molecule has 1 heterocycles. The molecule has 3 aromatic rings. The Morgan fingerprint density at radius 1 is 1.07 bits per heavy atom. The van der Waals surface area contributed by atoms with Crippen molar-refractivity contribution < 1.29 is 19.8 Å². The van der Waals surface area contributed by atoms with Gasteiger partial charge in [-0.15, -0.1) is 0 Å². The maximum atomic E-state index is 12.4. The number of phenolic OH excluding ortho intramolecular Hbond substituents is 1. The minimum absolute atomic E-state index is 0.0562. The second-order valence-electron chi connectivity index (χ2n) is 6.07. The summed E-state index contributed by atoms with van der Waals surface area (Å²) in [6.07, 6.45) is 0. The maximum Gasteiger partial charge on any atom is 0.323 e. The fourth-order valence-electron chi connectivity index (χ4n) is 2.51. The number of nitrogens with zero attached hydrogens (tertiary/aromatic N) is 3. The van der Waals surface area contributed by atoms with Gasteiger partial charge in [-0.05, 0) is 24.3 Å². The number of aromatic nitrogens is 2. The average Bonchev–Trinajstić information content (AvgIpc) is 3.12. The number of hydrogen-bond acceptors (Lipinski definition) is 8. The van der Waals surface area contributed by atoms with Crippen LogP contribution in [0.2, 0.25) is 10.0 Å². The lowest BCUT2D eigenvalue weighted by molar-refractivity contribution is -0.137. The number of carboxylic acids is 1. The zero-order valence-corrected chi connectivity index (χ0v) is 17.7. The van der Waals surface area contributed by atoms with Crippen molar-refractivity contribution in [3.8, 4) is 5.75 Å². The number of rotatable bonds is 7. The monoisotopic (exact) mass is 467 g/mol. The number of likely N-dealkylation sites (N-methyl/N-ethyl adjacent to an activating group) is 1. The molecule has 0 unspecified atom stereocenters. The Kier molecular flexibility index (Phi) is 6.60. The van der Waals surface area contributed by atoms with Crippen LogP contribution in [0.1, 0.15) is 10.4 Å². The van der Waals surface area contributed by atoms with Crippen molar-refractivity contribution in [3.63, 3.8) is 0 Å². The predicted molar refractivity (Wildman–Crippen MR) is 116 cm³/mol. The number of carbonyl (C=O) groups is 2. The molecule has 0 aliphatic rings. The fourth-order valence-corrected chi connectivity index (χ4v) is 3.32. The Balaban J connectivity index is 1.85. The third kappa shape index (κ3) is 4.73. The Morgan fingerprint density at radius 2 is 1.67 bits per heavy atom. The van der Waals surface area contributed by atoms with E-state index in [1.54, 1.807) is 30.3 Å². The second-order valence-corrected chi connectivity index (χ2v) is 7.38. The van der Waals surface area contributed by atoms with E-state index in [0.29, 0.717) is 21.6 Å². The van der Waals surface area contributed by atoms with Crippen LogP contribution in [0.3, 0.4) is 0 Å². The minimum atomic E-state index is -1.16. The molecular weight excluding hydrogens is 453 g/mol. The molecule has 1 aromatic heterocycles. The van der Waals surface area contributed by atoms with Gasteiger partial charge in [0.1, 0.15) is 6.54 Å². The van der Waals surface area contributed by atoms with Crippen LogP contribution in [-0.4, -0.2) is 49.3 Å². The van der Waals surface area contributed by atoms with Gasteiger partial charge in [-0.3, -0.25) is 9.59 Å². The summed E-state index contributed by atoms with van der Waals surface area (Å²) in [6.45, 7) is -0.500. The predicted octanol–water partition coefficient (Wildman–Crippen LogP) is 4.19. The van der Waals surface area contributed by atoms with Crippen LogP contribution in [0.25, 0.3) is 0 Å². The number of benzene rings is 2. The van der Waals surface area contributed by atoms with Crippen LogP contribution in [-0.2, 0) is 4.79 Å². The molecular formula is C18H15Cl2N5O4S. The summed E-state index contributed by atoms with van der Waals surface area (Å²) < 4.78 is 8.31. The first-order valence-corrected chi connectivity index (χ1v) is 9.86. The number of carbonyl (C=O) groups excluding carboxylic acids is 1. The van der Waals surface area contributed by atoms with E-state index in [4.69, 9.17) is 28.3 Å². The van der Waals surface area contributed by atoms with Crippen molar-refractivity contribution in [3.05, 3.63) is 52.0 Å². The summed E-state index contributed by atoms with van der Waals surface area (Å²) in [5, 5.41) is 26.0. The first-order chi connectivity index (χ1) is 14.3. The smallest absolute Gasteiger partial charge is 0.323 e. The number of aliphatic carboxylic acids is 1. The van der Waals surface area contributed by atoms with Gasteiger partial charge in [0.05, 0.1) is 38.7 Å². The van der Waals surface area contributed by atoms with Gasteiger partial charge in [-0.1, -0.05) is 35.3 Å². The molecule has 2 aromatic carbocycles. The lowest BCUT2D eigenvalue weighted by Gasteiger charge is -2.17. The summed E-state index contributed by atoms with van der Waals surface area (Å²) >= 11 is 13.1. The van der Waals surface area contributed by atoms with Gasteiger partial charge in [0.2, 0.25) is 0 Å². The van der Waals surface area contributed by atoms with Crippen LogP contribution in [0.4, 0.5) is 23.0 Å². The highest BCUT2D eigenvalue weighted by Gasteiger charge is 2.21. The van der Waals surface area contributed by atoms with Crippen LogP contribution < -0.4 is 10.6 Å². The highest BCUT2D eigenvalue weighted by molar-refractivity contribution is 6.99. The molecule has 4 N–H and O–H groups in total. The quantitative estimate of drug-likeness (QED) is 0.380. The molecule has 3 rings (SSSR count). The van der Waals surface area contributed by atoms with Crippen molar-refractivity contribution in [1.82, 2.24) is 13.6 Å². The molecule has 0 radical (unpaired) electrons. The Hall–Kier alpha value is -3.08. The van der Waals surface area contributed by atoms with Crippen LogP contribution >= 0.6 is 34.9 Å². The number of halogens is 2. The number of para-hydroxylation sites is 1.